The number of amides is 3. The van der Waals surface area contributed by atoms with Gasteiger partial charge in [0, 0.05) is 37.1 Å². The van der Waals surface area contributed by atoms with Crippen molar-refractivity contribution in [2.45, 2.75) is 19.3 Å². The number of imide groups is 1. The van der Waals surface area contributed by atoms with Gasteiger partial charge >= 0.3 is 30.0 Å². The minimum Gasteiger partial charge on any atom is -0.480 e. The zero-order chi connectivity index (χ0) is 28.2. The Morgan fingerprint density at radius 1 is 1.11 bits per heavy atom. The molecule has 1 fully saturated rings. The Morgan fingerprint density at radius 2 is 1.74 bits per heavy atom. The first-order valence-corrected chi connectivity index (χ1v) is 10.7. The standard InChI is InChI=1S/C22H23N3O13/c1-2-3-14(24(9-18(28)29)10-19(30)31)8-15-6-13(7-20(32)37-15)11-35-22(34)23-36-12-21(33)38-25-16(26)4-5-17(25)27/h2-3,7-8H,1,4-6,9-12H2,(H,23,34)(H,28,29)(H,30,31)/b14-3+,15-8+. The molecule has 2 aliphatic rings. The van der Waals surface area contributed by atoms with Gasteiger partial charge in [0.1, 0.15) is 25.5 Å². The number of allylic oxidation sites excluding steroid dienone is 4. The molecule has 16 nitrogen and oxygen atoms in total. The number of hydrogen-bond donors (Lipinski definition) is 3. The molecular formula is C22H23N3O13. The van der Waals surface area contributed by atoms with Crippen molar-refractivity contribution in [2.75, 3.05) is 26.3 Å². The van der Waals surface area contributed by atoms with Crippen LogP contribution in [0.4, 0.5) is 4.79 Å². The largest absolute Gasteiger partial charge is 0.480 e. The highest BCUT2D eigenvalue weighted by Crippen LogP contribution is 2.22. The van der Waals surface area contributed by atoms with E-state index in [0.29, 0.717) is 5.06 Å². The van der Waals surface area contributed by atoms with Gasteiger partial charge in [0.25, 0.3) is 11.8 Å². The minimum absolute atomic E-state index is 0.00962. The number of carboxylic acids is 2. The van der Waals surface area contributed by atoms with E-state index in [4.69, 9.17) is 19.7 Å². The van der Waals surface area contributed by atoms with Crippen LogP contribution in [0.5, 0.6) is 0 Å². The van der Waals surface area contributed by atoms with Gasteiger partial charge in [0.15, 0.2) is 6.61 Å². The summed E-state index contributed by atoms with van der Waals surface area (Å²) in [5, 5.41) is 18.5. The Balaban J connectivity index is 1.90. The molecule has 0 aliphatic carbocycles. The molecule has 0 atom stereocenters. The molecular weight excluding hydrogens is 514 g/mol. The molecule has 0 aromatic carbocycles. The van der Waals surface area contributed by atoms with Gasteiger partial charge in [-0.2, -0.15) is 5.48 Å². The maximum atomic E-state index is 12.0. The van der Waals surface area contributed by atoms with Crippen LogP contribution in [0.3, 0.4) is 0 Å². The summed E-state index contributed by atoms with van der Waals surface area (Å²) in [6.07, 6.45) is 3.52. The topological polar surface area (TPSA) is 215 Å². The summed E-state index contributed by atoms with van der Waals surface area (Å²) in [5.74, 6) is -5.92. The van der Waals surface area contributed by atoms with Crippen LogP contribution < -0.4 is 5.48 Å². The number of rotatable bonds is 13. The Morgan fingerprint density at radius 3 is 2.32 bits per heavy atom. The lowest BCUT2D eigenvalue weighted by atomic mass is 10.1. The predicted molar refractivity (Wildman–Crippen MR) is 120 cm³/mol. The second kappa shape index (κ2) is 13.9. The van der Waals surface area contributed by atoms with Gasteiger partial charge in [0.05, 0.1) is 0 Å². The normalized spacial score (nSPS) is 16.5. The highest BCUT2D eigenvalue weighted by Gasteiger charge is 2.33. The Labute approximate surface area is 214 Å². The van der Waals surface area contributed by atoms with E-state index in [0.717, 1.165) is 11.0 Å². The lowest BCUT2D eigenvalue weighted by Crippen LogP contribution is -2.35. The molecule has 3 amide bonds. The maximum Gasteiger partial charge on any atom is 0.431 e. The number of nitrogens with one attached hydrogen (secondary N) is 1. The van der Waals surface area contributed by atoms with E-state index >= 15 is 0 Å². The average molecular weight is 537 g/mol. The lowest BCUT2D eigenvalue weighted by molar-refractivity contribution is -0.201. The van der Waals surface area contributed by atoms with Gasteiger partial charge in [-0.15, -0.1) is 5.06 Å². The molecule has 16 heteroatoms. The van der Waals surface area contributed by atoms with E-state index in [2.05, 4.69) is 16.3 Å². The summed E-state index contributed by atoms with van der Waals surface area (Å²) < 4.78 is 9.97. The molecule has 204 valence electrons. The molecule has 0 unspecified atom stereocenters. The molecule has 2 rings (SSSR count). The Kier molecular flexibility index (Phi) is 10.7. The van der Waals surface area contributed by atoms with Crippen molar-refractivity contribution in [3.63, 3.8) is 0 Å². The Hall–Kier alpha value is -4.99. The van der Waals surface area contributed by atoms with Crippen molar-refractivity contribution < 1.29 is 62.9 Å². The fraction of sp³-hybridized carbons (Fsp3) is 0.318. The van der Waals surface area contributed by atoms with Crippen molar-refractivity contribution in [1.29, 1.82) is 0 Å². The lowest BCUT2D eigenvalue weighted by Gasteiger charge is -2.23. The molecule has 0 aromatic rings. The van der Waals surface area contributed by atoms with E-state index in [1.807, 2.05) is 0 Å². The first-order valence-electron chi connectivity index (χ1n) is 10.7. The molecule has 0 spiro atoms. The average Bonchev–Trinajstić information content (AvgIpc) is 3.13. The fourth-order valence-corrected chi connectivity index (χ4v) is 3.03. The van der Waals surface area contributed by atoms with E-state index in [9.17, 15) is 33.6 Å². The summed E-state index contributed by atoms with van der Waals surface area (Å²) in [7, 11) is 0. The number of hydroxylamine groups is 3. The van der Waals surface area contributed by atoms with Crippen LogP contribution in [-0.4, -0.2) is 88.3 Å². The predicted octanol–water partition coefficient (Wildman–Crippen LogP) is -0.450. The van der Waals surface area contributed by atoms with Crippen LogP contribution in [-0.2, 0) is 47.9 Å². The van der Waals surface area contributed by atoms with Crippen molar-refractivity contribution in [1.82, 2.24) is 15.4 Å². The van der Waals surface area contributed by atoms with Gasteiger partial charge in [-0.05, 0) is 11.6 Å². The van der Waals surface area contributed by atoms with Gasteiger partial charge in [-0.1, -0.05) is 12.7 Å². The molecule has 0 radical (unpaired) electrons. The van der Waals surface area contributed by atoms with Crippen molar-refractivity contribution >= 4 is 41.8 Å². The monoisotopic (exact) mass is 537 g/mol. The molecule has 2 heterocycles. The molecule has 0 aromatic heterocycles. The van der Waals surface area contributed by atoms with Crippen LogP contribution in [0.25, 0.3) is 0 Å². The van der Waals surface area contributed by atoms with E-state index in [1.54, 1.807) is 5.48 Å². The van der Waals surface area contributed by atoms with Gasteiger partial charge in [-0.25, -0.2) is 14.4 Å². The van der Waals surface area contributed by atoms with Gasteiger partial charge in [0.2, 0.25) is 0 Å². The SMILES string of the molecule is C=C/C=C(\C=C1/CC(COC(=O)NOCC(=O)ON2C(=O)CCC2=O)=CC(=O)O1)N(CC(=O)O)CC(=O)O. The molecule has 0 bridgehead atoms. The van der Waals surface area contributed by atoms with Crippen molar-refractivity contribution in [2.24, 2.45) is 0 Å². The second-order valence-electron chi connectivity index (χ2n) is 7.49. The third-order valence-electron chi connectivity index (χ3n) is 4.50. The number of nitrogens with zero attached hydrogens (tertiary/aromatic N) is 2. The molecule has 0 saturated carbocycles. The van der Waals surface area contributed by atoms with Crippen LogP contribution in [0.1, 0.15) is 19.3 Å². The maximum absolute atomic E-state index is 12.0. The van der Waals surface area contributed by atoms with E-state index in [-0.39, 0.29) is 36.3 Å². The summed E-state index contributed by atoms with van der Waals surface area (Å²) in [4.78, 5) is 90.6. The first kappa shape index (κ1) is 29.2. The highest BCUT2D eigenvalue weighted by molar-refractivity contribution is 6.01. The zero-order valence-electron chi connectivity index (χ0n) is 19.7. The van der Waals surface area contributed by atoms with Crippen LogP contribution in [0, 0.1) is 0 Å². The highest BCUT2D eigenvalue weighted by atomic mass is 16.8. The third-order valence-corrected chi connectivity index (χ3v) is 4.50. The minimum atomic E-state index is -1.30. The number of carbonyl (C=O) groups excluding carboxylic acids is 5. The third kappa shape index (κ3) is 9.57. The number of carboxylic acid groups (broad SMARTS) is 2. The smallest absolute Gasteiger partial charge is 0.431 e. The number of esters is 1. The summed E-state index contributed by atoms with van der Waals surface area (Å²) in [6.45, 7) is 0.908. The quantitative estimate of drug-likeness (QED) is 0.117. The van der Waals surface area contributed by atoms with Crippen molar-refractivity contribution in [3.8, 4) is 0 Å². The van der Waals surface area contributed by atoms with E-state index in [1.165, 1.54) is 18.2 Å². The van der Waals surface area contributed by atoms with Crippen LogP contribution in [0.2, 0.25) is 0 Å². The number of hydrogen-bond acceptors (Lipinski definition) is 12. The number of carbonyl (C=O) groups is 7. The number of aliphatic carboxylic acids is 2. The van der Waals surface area contributed by atoms with E-state index < -0.39 is 68.1 Å². The zero-order valence-corrected chi connectivity index (χ0v) is 19.7. The van der Waals surface area contributed by atoms with Gasteiger partial charge in [-0.3, -0.25) is 24.0 Å². The van der Waals surface area contributed by atoms with Crippen molar-refractivity contribution in [3.05, 3.63) is 47.9 Å². The van der Waals surface area contributed by atoms with Crippen LogP contribution >= 0.6 is 0 Å². The molecule has 1 saturated heterocycles. The number of ether oxygens (including phenoxy) is 2. The van der Waals surface area contributed by atoms with Crippen LogP contribution in [0.15, 0.2) is 47.9 Å². The molecule has 3 N–H and O–H groups in total. The first-order chi connectivity index (χ1) is 18.0. The fourth-order valence-electron chi connectivity index (χ4n) is 3.03. The Bertz CT molecular complexity index is 1090. The molecule has 38 heavy (non-hydrogen) atoms. The summed E-state index contributed by atoms with van der Waals surface area (Å²) >= 11 is 0. The second-order valence-corrected chi connectivity index (χ2v) is 7.49. The summed E-state index contributed by atoms with van der Waals surface area (Å²) in [6, 6.07) is 0. The molecule has 2 aliphatic heterocycles. The number of cyclic esters (lactones) is 1. The van der Waals surface area contributed by atoms with Gasteiger partial charge < -0.3 is 29.4 Å². The summed E-state index contributed by atoms with van der Waals surface area (Å²) in [5.41, 5.74) is 2.12.